The van der Waals surface area contributed by atoms with E-state index in [1.54, 1.807) is 31.3 Å². The van der Waals surface area contributed by atoms with E-state index < -0.39 is 15.8 Å². The van der Waals surface area contributed by atoms with Crippen LogP contribution in [0.3, 0.4) is 0 Å². The highest BCUT2D eigenvalue weighted by Crippen LogP contribution is 2.15. The van der Waals surface area contributed by atoms with E-state index in [1.165, 1.54) is 4.57 Å². The average Bonchev–Trinajstić information content (AvgIpc) is 2.82. The molecule has 0 fully saturated rings. The lowest BCUT2D eigenvalue weighted by Crippen LogP contribution is -2.26. The molecule has 0 amide bonds. The first-order valence-electron chi connectivity index (χ1n) is 7.51. The number of aromatic nitrogens is 1. The summed E-state index contributed by atoms with van der Waals surface area (Å²) < 4.78 is 33.6. The third-order valence-corrected chi connectivity index (χ3v) is 5.32. The van der Waals surface area contributed by atoms with E-state index in [4.69, 9.17) is 4.42 Å². The second-order valence-corrected chi connectivity index (χ2v) is 7.46. The summed E-state index contributed by atoms with van der Waals surface area (Å²) in [6.45, 7) is 2.12. The number of hydrogen-bond donors (Lipinski definition) is 1. The number of nitrogens with zero attached hydrogens (tertiary/aromatic N) is 1. The molecule has 6 nitrogen and oxygen atoms in total. The quantitative estimate of drug-likeness (QED) is 0.766. The minimum Gasteiger partial charge on any atom is -0.408 e. The molecule has 0 unspecified atom stereocenters. The molecule has 0 aliphatic heterocycles. The molecule has 1 heterocycles. The fourth-order valence-electron chi connectivity index (χ4n) is 2.52. The normalized spacial score (nSPS) is 11.9. The van der Waals surface area contributed by atoms with Crippen molar-refractivity contribution in [2.24, 2.45) is 7.05 Å². The van der Waals surface area contributed by atoms with E-state index in [-0.39, 0.29) is 11.4 Å². The van der Waals surface area contributed by atoms with E-state index >= 15 is 0 Å². The van der Waals surface area contributed by atoms with Gasteiger partial charge in [0.1, 0.15) is 0 Å². The molecule has 0 aliphatic carbocycles. The van der Waals surface area contributed by atoms with Crippen LogP contribution >= 0.6 is 0 Å². The van der Waals surface area contributed by atoms with E-state index in [0.717, 1.165) is 11.1 Å². The van der Waals surface area contributed by atoms with E-state index in [9.17, 15) is 13.2 Å². The van der Waals surface area contributed by atoms with E-state index in [2.05, 4.69) is 4.72 Å². The molecule has 3 rings (SSSR count). The summed E-state index contributed by atoms with van der Waals surface area (Å²) in [5.41, 5.74) is 3.03. The highest BCUT2D eigenvalue weighted by atomic mass is 32.2. The number of oxazole rings is 1. The molecule has 0 saturated carbocycles. The lowest BCUT2D eigenvalue weighted by molar-refractivity contribution is 0.528. The lowest BCUT2D eigenvalue weighted by Gasteiger charge is -2.07. The minimum absolute atomic E-state index is 0.259. The smallest absolute Gasteiger partial charge is 0.408 e. The average molecular weight is 346 g/mol. The van der Waals surface area contributed by atoms with Gasteiger partial charge in [-0.25, -0.2) is 17.9 Å². The number of sulfonamides is 1. The molecule has 0 radical (unpaired) electrons. The third kappa shape index (κ3) is 3.27. The van der Waals surface area contributed by atoms with Crippen molar-refractivity contribution in [3.8, 4) is 0 Å². The van der Waals surface area contributed by atoms with Gasteiger partial charge in [-0.05, 0) is 48.7 Å². The van der Waals surface area contributed by atoms with Crippen molar-refractivity contribution >= 4 is 21.1 Å². The van der Waals surface area contributed by atoms with Crippen molar-refractivity contribution in [2.45, 2.75) is 18.2 Å². The summed E-state index contributed by atoms with van der Waals surface area (Å²) in [6, 6.07) is 12.2. The topological polar surface area (TPSA) is 81.3 Å². The summed E-state index contributed by atoms with van der Waals surface area (Å²) in [5.74, 6) is -0.415. The van der Waals surface area contributed by atoms with Crippen molar-refractivity contribution in [1.29, 1.82) is 0 Å². The first-order chi connectivity index (χ1) is 11.4. The van der Waals surface area contributed by atoms with Gasteiger partial charge in [0.2, 0.25) is 10.0 Å². The first-order valence-corrected chi connectivity index (χ1v) is 9.00. The van der Waals surface area contributed by atoms with Crippen molar-refractivity contribution in [2.75, 3.05) is 6.54 Å². The fraction of sp³-hybridized carbons (Fsp3) is 0.235. The van der Waals surface area contributed by atoms with E-state index in [1.807, 2.05) is 25.1 Å². The Bertz CT molecular complexity index is 1050. The first kappa shape index (κ1) is 16.5. The molecule has 7 heteroatoms. The molecule has 0 atom stereocenters. The van der Waals surface area contributed by atoms with Crippen molar-refractivity contribution < 1.29 is 12.8 Å². The van der Waals surface area contributed by atoms with Gasteiger partial charge in [0.15, 0.2) is 5.58 Å². The maximum Gasteiger partial charge on any atom is 0.419 e. The zero-order valence-corrected chi connectivity index (χ0v) is 14.3. The highest BCUT2D eigenvalue weighted by molar-refractivity contribution is 7.89. The number of nitrogens with one attached hydrogen (secondary N) is 1. The van der Waals surface area contributed by atoms with Crippen LogP contribution in [0.2, 0.25) is 0 Å². The Morgan fingerprint density at radius 3 is 2.71 bits per heavy atom. The SMILES string of the molecule is Cc1cccc(S(=O)(=O)NCCc2ccc3oc(=O)n(C)c3c2)c1. The van der Waals surface area contributed by atoms with Gasteiger partial charge in [0.25, 0.3) is 0 Å². The van der Waals surface area contributed by atoms with Crippen LogP contribution in [0.25, 0.3) is 11.1 Å². The number of fused-ring (bicyclic) bond motifs is 1. The monoisotopic (exact) mass is 346 g/mol. The predicted octanol–water partition coefficient (Wildman–Crippen LogP) is 1.96. The van der Waals surface area contributed by atoms with Gasteiger partial charge in [0, 0.05) is 13.6 Å². The Labute approximate surface area is 139 Å². The summed E-state index contributed by atoms with van der Waals surface area (Å²) in [5, 5.41) is 0. The summed E-state index contributed by atoms with van der Waals surface area (Å²) in [7, 11) is -1.89. The zero-order chi connectivity index (χ0) is 17.3. The molecule has 2 aromatic carbocycles. The number of benzene rings is 2. The van der Waals surface area contributed by atoms with Crippen LogP contribution in [-0.2, 0) is 23.5 Å². The molecule has 126 valence electrons. The molecule has 1 aromatic heterocycles. The molecule has 0 aliphatic rings. The second-order valence-electron chi connectivity index (χ2n) is 5.69. The maximum absolute atomic E-state index is 12.3. The van der Waals surface area contributed by atoms with Gasteiger partial charge < -0.3 is 4.42 Å². The maximum atomic E-state index is 12.3. The summed E-state index contributed by atoms with van der Waals surface area (Å²) in [4.78, 5) is 11.7. The number of rotatable bonds is 5. The Hall–Kier alpha value is -2.38. The molecular weight excluding hydrogens is 328 g/mol. The van der Waals surface area contributed by atoms with Crippen LogP contribution in [0.15, 0.2) is 56.6 Å². The molecule has 24 heavy (non-hydrogen) atoms. The van der Waals surface area contributed by atoms with Gasteiger partial charge in [-0.3, -0.25) is 4.57 Å². The van der Waals surface area contributed by atoms with Crippen LogP contribution in [0.1, 0.15) is 11.1 Å². The summed E-state index contributed by atoms with van der Waals surface area (Å²) >= 11 is 0. The van der Waals surface area contributed by atoms with Gasteiger partial charge in [-0.1, -0.05) is 18.2 Å². The molecular formula is C17H18N2O4S. The van der Waals surface area contributed by atoms with Gasteiger partial charge >= 0.3 is 5.76 Å². The largest absolute Gasteiger partial charge is 0.419 e. The number of hydrogen-bond acceptors (Lipinski definition) is 4. The van der Waals surface area contributed by atoms with Crippen LogP contribution in [0, 0.1) is 6.92 Å². The second kappa shape index (κ2) is 6.26. The van der Waals surface area contributed by atoms with Crippen molar-refractivity contribution in [1.82, 2.24) is 9.29 Å². The minimum atomic E-state index is -3.52. The molecule has 0 saturated heterocycles. The van der Waals surface area contributed by atoms with Crippen molar-refractivity contribution in [3.05, 3.63) is 64.1 Å². The number of aryl methyl sites for hydroxylation is 2. The molecule has 0 bridgehead atoms. The highest BCUT2D eigenvalue weighted by Gasteiger charge is 2.13. The zero-order valence-electron chi connectivity index (χ0n) is 13.4. The summed E-state index contributed by atoms with van der Waals surface area (Å²) in [6.07, 6.45) is 0.514. The molecule has 0 spiro atoms. The molecule has 3 aromatic rings. The van der Waals surface area contributed by atoms with E-state index in [0.29, 0.717) is 17.5 Å². The Morgan fingerprint density at radius 1 is 1.17 bits per heavy atom. The van der Waals surface area contributed by atoms with Gasteiger partial charge in [-0.2, -0.15) is 0 Å². The Morgan fingerprint density at radius 2 is 1.96 bits per heavy atom. The third-order valence-electron chi connectivity index (χ3n) is 3.86. The Balaban J connectivity index is 1.72. The lowest BCUT2D eigenvalue weighted by atomic mass is 10.1. The Kier molecular flexibility index (Phi) is 4.29. The van der Waals surface area contributed by atoms with Crippen LogP contribution < -0.4 is 10.5 Å². The van der Waals surface area contributed by atoms with Crippen LogP contribution in [0.5, 0.6) is 0 Å². The predicted molar refractivity (Wildman–Crippen MR) is 91.5 cm³/mol. The molecule has 1 N–H and O–H groups in total. The fourth-order valence-corrected chi connectivity index (χ4v) is 3.66. The van der Waals surface area contributed by atoms with Gasteiger partial charge in [-0.15, -0.1) is 0 Å². The van der Waals surface area contributed by atoms with Crippen LogP contribution in [-0.4, -0.2) is 19.5 Å². The van der Waals surface area contributed by atoms with Crippen molar-refractivity contribution in [3.63, 3.8) is 0 Å². The van der Waals surface area contributed by atoms with Gasteiger partial charge in [0.05, 0.1) is 10.4 Å². The van der Waals surface area contributed by atoms with Crippen LogP contribution in [0.4, 0.5) is 0 Å². The standard InChI is InChI=1S/C17H18N2O4S/c1-12-4-3-5-14(10-12)24(21,22)18-9-8-13-6-7-16-15(11-13)19(2)17(20)23-16/h3-7,10-11,18H,8-9H2,1-2H3.